The molecule has 0 aliphatic rings. The summed E-state index contributed by atoms with van der Waals surface area (Å²) in [4.78, 5) is 11.5. The highest BCUT2D eigenvalue weighted by atomic mass is 35.5. The first-order valence-corrected chi connectivity index (χ1v) is 6.41. The van der Waals surface area contributed by atoms with Gasteiger partial charge >= 0.3 is 0 Å². The van der Waals surface area contributed by atoms with E-state index in [-0.39, 0.29) is 29.8 Å². The summed E-state index contributed by atoms with van der Waals surface area (Å²) >= 11 is 0. The van der Waals surface area contributed by atoms with Gasteiger partial charge in [0.1, 0.15) is 0 Å². The fourth-order valence-corrected chi connectivity index (χ4v) is 1.69. The second kappa shape index (κ2) is 7.51. The smallest absolute Gasteiger partial charge is 0.221 e. The topological polar surface area (TPSA) is 55.1 Å². The normalized spacial score (nSPS) is 12.5. The van der Waals surface area contributed by atoms with Crippen LogP contribution in [0.5, 0.6) is 0 Å². The van der Waals surface area contributed by atoms with Gasteiger partial charge in [-0.2, -0.15) is 0 Å². The quantitative estimate of drug-likeness (QED) is 0.893. The van der Waals surface area contributed by atoms with Gasteiger partial charge < -0.3 is 11.1 Å². The maximum atomic E-state index is 11.5. The number of nitrogens with one attached hydrogen (secondary N) is 1. The molecule has 0 aromatic heterocycles. The lowest BCUT2D eigenvalue weighted by atomic mass is 9.87. The summed E-state index contributed by atoms with van der Waals surface area (Å²) in [5.41, 5.74) is 8.14. The Labute approximate surface area is 122 Å². The molecule has 0 saturated heterocycles. The molecule has 1 aromatic carbocycles. The molecule has 19 heavy (non-hydrogen) atoms. The van der Waals surface area contributed by atoms with Gasteiger partial charge in [-0.05, 0) is 23.5 Å². The van der Waals surface area contributed by atoms with Gasteiger partial charge in [-0.15, -0.1) is 12.4 Å². The van der Waals surface area contributed by atoms with Crippen LogP contribution in [0.3, 0.4) is 0 Å². The van der Waals surface area contributed by atoms with E-state index in [0.717, 1.165) is 5.56 Å². The number of rotatable bonds is 4. The number of carbonyl (C=O) groups excluding carboxylic acids is 1. The maximum Gasteiger partial charge on any atom is 0.221 e. The minimum atomic E-state index is -0.0896. The lowest BCUT2D eigenvalue weighted by Gasteiger charge is -2.19. The minimum Gasteiger partial charge on any atom is -0.352 e. The lowest BCUT2D eigenvalue weighted by Crippen LogP contribution is -2.29. The van der Waals surface area contributed by atoms with E-state index in [9.17, 15) is 4.79 Å². The van der Waals surface area contributed by atoms with Crippen molar-refractivity contribution in [1.82, 2.24) is 5.32 Å². The van der Waals surface area contributed by atoms with Crippen molar-refractivity contribution in [1.29, 1.82) is 0 Å². The predicted octanol–water partition coefficient (Wildman–Crippen LogP) is 2.76. The SMILES string of the molecule is CC(N)CC(=O)NCc1ccc(C(C)(C)C)cc1.Cl. The molecule has 0 radical (unpaired) electrons. The molecule has 0 spiro atoms. The van der Waals surface area contributed by atoms with Crippen LogP contribution in [0.1, 0.15) is 45.2 Å². The molecule has 1 unspecified atom stereocenters. The Balaban J connectivity index is 0.00000324. The van der Waals surface area contributed by atoms with E-state index in [4.69, 9.17) is 5.73 Å². The molecule has 0 aliphatic carbocycles. The molecule has 1 amide bonds. The van der Waals surface area contributed by atoms with Crippen LogP contribution < -0.4 is 11.1 Å². The Kier molecular flexibility index (Phi) is 7.09. The van der Waals surface area contributed by atoms with Crippen molar-refractivity contribution in [3.63, 3.8) is 0 Å². The first-order chi connectivity index (χ1) is 8.29. The molecular formula is C15H25ClN2O. The summed E-state index contributed by atoms with van der Waals surface area (Å²) in [6.07, 6.45) is 0.375. The van der Waals surface area contributed by atoms with Gasteiger partial charge in [-0.1, -0.05) is 45.0 Å². The zero-order valence-electron chi connectivity index (χ0n) is 12.2. The molecule has 0 fully saturated rings. The van der Waals surface area contributed by atoms with E-state index in [2.05, 4.69) is 50.4 Å². The van der Waals surface area contributed by atoms with Crippen molar-refractivity contribution < 1.29 is 4.79 Å². The van der Waals surface area contributed by atoms with Crippen LogP contribution in [0.15, 0.2) is 24.3 Å². The molecule has 4 heteroatoms. The Bertz CT molecular complexity index is 394. The van der Waals surface area contributed by atoms with Crippen molar-refractivity contribution in [3.8, 4) is 0 Å². The van der Waals surface area contributed by atoms with E-state index in [1.165, 1.54) is 5.56 Å². The molecule has 0 heterocycles. The van der Waals surface area contributed by atoms with Gasteiger partial charge in [-0.25, -0.2) is 0 Å². The largest absolute Gasteiger partial charge is 0.352 e. The predicted molar refractivity (Wildman–Crippen MR) is 82.5 cm³/mol. The van der Waals surface area contributed by atoms with E-state index >= 15 is 0 Å². The molecule has 0 bridgehead atoms. The van der Waals surface area contributed by atoms with Crippen molar-refractivity contribution >= 4 is 18.3 Å². The fourth-order valence-electron chi connectivity index (χ4n) is 1.69. The molecule has 3 N–H and O–H groups in total. The number of carbonyl (C=O) groups is 1. The molecule has 0 aliphatic heterocycles. The number of hydrogen-bond donors (Lipinski definition) is 2. The average molecular weight is 285 g/mol. The number of amides is 1. The maximum absolute atomic E-state index is 11.5. The minimum absolute atomic E-state index is 0. The van der Waals surface area contributed by atoms with E-state index in [0.29, 0.717) is 13.0 Å². The molecule has 3 nitrogen and oxygen atoms in total. The van der Waals surface area contributed by atoms with E-state index < -0.39 is 0 Å². The van der Waals surface area contributed by atoms with Crippen LogP contribution in [0.25, 0.3) is 0 Å². The summed E-state index contributed by atoms with van der Waals surface area (Å²) < 4.78 is 0. The summed E-state index contributed by atoms with van der Waals surface area (Å²) in [7, 11) is 0. The molecular weight excluding hydrogens is 260 g/mol. The highest BCUT2D eigenvalue weighted by Crippen LogP contribution is 2.22. The van der Waals surface area contributed by atoms with Crippen molar-refractivity contribution in [2.75, 3.05) is 0 Å². The van der Waals surface area contributed by atoms with Crippen molar-refractivity contribution in [2.24, 2.45) is 5.73 Å². The first kappa shape index (κ1) is 17.9. The summed E-state index contributed by atoms with van der Waals surface area (Å²) in [5.74, 6) is 0.00454. The standard InChI is InChI=1S/C15H24N2O.ClH/c1-11(16)9-14(18)17-10-12-5-7-13(8-6-12)15(2,3)4;/h5-8,11H,9-10,16H2,1-4H3,(H,17,18);1H. The Morgan fingerprint density at radius 2 is 1.79 bits per heavy atom. The molecule has 0 saturated carbocycles. The van der Waals surface area contributed by atoms with Crippen LogP contribution in [0, 0.1) is 0 Å². The lowest BCUT2D eigenvalue weighted by molar-refractivity contribution is -0.121. The Hall–Kier alpha value is -1.06. The van der Waals surface area contributed by atoms with Crippen LogP contribution >= 0.6 is 12.4 Å². The van der Waals surface area contributed by atoms with Gasteiger partial charge in [0.2, 0.25) is 5.91 Å². The van der Waals surface area contributed by atoms with Crippen LogP contribution in [-0.4, -0.2) is 11.9 Å². The number of benzene rings is 1. The van der Waals surface area contributed by atoms with Gasteiger partial charge in [0, 0.05) is 19.0 Å². The Morgan fingerprint density at radius 3 is 2.21 bits per heavy atom. The molecule has 1 atom stereocenters. The summed E-state index contributed by atoms with van der Waals surface area (Å²) in [5, 5.41) is 2.87. The third-order valence-corrected chi connectivity index (χ3v) is 2.82. The zero-order chi connectivity index (χ0) is 13.8. The average Bonchev–Trinajstić information content (AvgIpc) is 2.25. The second-order valence-corrected chi connectivity index (χ2v) is 5.91. The second-order valence-electron chi connectivity index (χ2n) is 5.91. The number of halogens is 1. The van der Waals surface area contributed by atoms with Crippen molar-refractivity contribution in [2.45, 2.75) is 52.1 Å². The van der Waals surface area contributed by atoms with Crippen LogP contribution in [0.4, 0.5) is 0 Å². The molecule has 1 aromatic rings. The van der Waals surface area contributed by atoms with Gasteiger partial charge in [0.15, 0.2) is 0 Å². The third kappa shape index (κ3) is 6.60. The Morgan fingerprint density at radius 1 is 1.26 bits per heavy atom. The van der Waals surface area contributed by atoms with Crippen LogP contribution in [-0.2, 0) is 16.8 Å². The molecule has 108 valence electrons. The first-order valence-electron chi connectivity index (χ1n) is 6.41. The van der Waals surface area contributed by atoms with Crippen LogP contribution in [0.2, 0.25) is 0 Å². The summed E-state index contributed by atoms with van der Waals surface area (Å²) in [6.45, 7) is 8.96. The highest BCUT2D eigenvalue weighted by molar-refractivity contribution is 5.85. The molecule has 1 rings (SSSR count). The number of nitrogens with two attached hydrogens (primary N) is 1. The summed E-state index contributed by atoms with van der Waals surface area (Å²) in [6, 6.07) is 8.27. The van der Waals surface area contributed by atoms with Gasteiger partial charge in [0.25, 0.3) is 0 Å². The highest BCUT2D eigenvalue weighted by Gasteiger charge is 2.12. The zero-order valence-corrected chi connectivity index (χ0v) is 13.0. The van der Waals surface area contributed by atoms with Gasteiger partial charge in [0.05, 0.1) is 0 Å². The fraction of sp³-hybridized carbons (Fsp3) is 0.533. The van der Waals surface area contributed by atoms with E-state index in [1.54, 1.807) is 0 Å². The van der Waals surface area contributed by atoms with E-state index in [1.807, 2.05) is 6.92 Å². The monoisotopic (exact) mass is 284 g/mol. The van der Waals surface area contributed by atoms with Gasteiger partial charge in [-0.3, -0.25) is 4.79 Å². The van der Waals surface area contributed by atoms with Crippen molar-refractivity contribution in [3.05, 3.63) is 35.4 Å². The third-order valence-electron chi connectivity index (χ3n) is 2.82. The number of hydrogen-bond acceptors (Lipinski definition) is 2.